The predicted octanol–water partition coefficient (Wildman–Crippen LogP) is 2.42. The molecule has 142 valence electrons. The highest BCUT2D eigenvalue weighted by Gasteiger charge is 2.19. The van der Waals surface area contributed by atoms with Crippen LogP contribution in [0.25, 0.3) is 0 Å². The number of hydrogen-bond donors (Lipinski definition) is 3. The van der Waals surface area contributed by atoms with Crippen LogP contribution in [0.3, 0.4) is 0 Å². The van der Waals surface area contributed by atoms with Crippen LogP contribution in [0.2, 0.25) is 0 Å². The minimum Gasteiger partial charge on any atom is -0.355 e. The van der Waals surface area contributed by atoms with Crippen molar-refractivity contribution in [2.45, 2.75) is 37.0 Å². The summed E-state index contributed by atoms with van der Waals surface area (Å²) in [7, 11) is 0. The first-order valence-corrected chi connectivity index (χ1v) is 10.7. The van der Waals surface area contributed by atoms with Crippen LogP contribution in [-0.4, -0.2) is 43.7 Å². The van der Waals surface area contributed by atoms with Gasteiger partial charge in [-0.25, -0.2) is 0 Å². The zero-order valence-electron chi connectivity index (χ0n) is 15.3. The van der Waals surface area contributed by atoms with Gasteiger partial charge in [-0.15, -0.1) is 11.8 Å². The highest BCUT2D eigenvalue weighted by atomic mass is 32.2. The molecule has 1 aliphatic carbocycles. The van der Waals surface area contributed by atoms with Gasteiger partial charge in [0.25, 0.3) is 5.91 Å². The molecule has 0 spiro atoms. The largest absolute Gasteiger partial charge is 0.355 e. The summed E-state index contributed by atoms with van der Waals surface area (Å²) in [6, 6.07) is 7.53. The van der Waals surface area contributed by atoms with Gasteiger partial charge in [-0.05, 0) is 30.9 Å². The Labute approximate surface area is 160 Å². The van der Waals surface area contributed by atoms with Crippen LogP contribution in [0.5, 0.6) is 0 Å². The molecule has 0 atom stereocenters. The Hall–Kier alpha value is -1.53. The molecule has 1 aromatic rings. The molecule has 2 aliphatic rings. The van der Waals surface area contributed by atoms with E-state index in [4.69, 9.17) is 0 Å². The molecule has 0 radical (unpaired) electrons. The van der Waals surface area contributed by atoms with Crippen molar-refractivity contribution in [3.8, 4) is 0 Å². The quantitative estimate of drug-likeness (QED) is 0.611. The number of benzene rings is 1. The van der Waals surface area contributed by atoms with E-state index in [1.807, 2.05) is 24.3 Å². The van der Waals surface area contributed by atoms with Crippen LogP contribution in [0.4, 0.5) is 0 Å². The average molecular weight is 376 g/mol. The molecule has 0 unspecified atom stereocenters. The normalized spacial score (nSPS) is 18.2. The lowest BCUT2D eigenvalue weighted by Crippen LogP contribution is -2.48. The molecule has 1 saturated heterocycles. The highest BCUT2D eigenvalue weighted by Crippen LogP contribution is 2.24. The molecule has 1 saturated carbocycles. The van der Waals surface area contributed by atoms with E-state index < -0.39 is 0 Å². The highest BCUT2D eigenvalue weighted by molar-refractivity contribution is 8.00. The van der Waals surface area contributed by atoms with Crippen molar-refractivity contribution in [2.75, 3.05) is 31.9 Å². The summed E-state index contributed by atoms with van der Waals surface area (Å²) in [6.45, 7) is 3.43. The van der Waals surface area contributed by atoms with Crippen molar-refractivity contribution in [1.82, 2.24) is 16.0 Å². The van der Waals surface area contributed by atoms with E-state index in [0.29, 0.717) is 29.7 Å². The molecule has 3 rings (SSSR count). The van der Waals surface area contributed by atoms with E-state index in [9.17, 15) is 9.59 Å². The third-order valence-electron chi connectivity index (χ3n) is 5.22. The number of amides is 2. The van der Waals surface area contributed by atoms with E-state index >= 15 is 0 Å². The van der Waals surface area contributed by atoms with Crippen LogP contribution < -0.4 is 16.0 Å². The number of rotatable bonds is 8. The predicted molar refractivity (Wildman–Crippen MR) is 105 cm³/mol. The second kappa shape index (κ2) is 9.97. The minimum atomic E-state index is -0.0531. The molecule has 0 aromatic heterocycles. The first kappa shape index (κ1) is 19.2. The third-order valence-corrected chi connectivity index (χ3v) is 6.29. The van der Waals surface area contributed by atoms with Crippen LogP contribution >= 0.6 is 11.8 Å². The van der Waals surface area contributed by atoms with Crippen molar-refractivity contribution < 1.29 is 9.59 Å². The maximum absolute atomic E-state index is 12.4. The monoisotopic (exact) mass is 375 g/mol. The molecule has 1 aromatic carbocycles. The fourth-order valence-corrected chi connectivity index (χ4v) is 4.33. The van der Waals surface area contributed by atoms with E-state index in [1.54, 1.807) is 0 Å². The molecule has 2 amide bonds. The van der Waals surface area contributed by atoms with Gasteiger partial charge in [0.05, 0.1) is 11.3 Å². The molecule has 3 N–H and O–H groups in total. The Morgan fingerprint density at radius 2 is 1.73 bits per heavy atom. The summed E-state index contributed by atoms with van der Waals surface area (Å²) >= 11 is 1.44. The van der Waals surface area contributed by atoms with Gasteiger partial charge in [-0.1, -0.05) is 31.4 Å². The summed E-state index contributed by atoms with van der Waals surface area (Å²) in [5, 5.41) is 9.27. The Morgan fingerprint density at radius 3 is 2.46 bits per heavy atom. The second-order valence-corrected chi connectivity index (χ2v) is 8.34. The fourth-order valence-electron chi connectivity index (χ4n) is 3.45. The van der Waals surface area contributed by atoms with Gasteiger partial charge in [-0.2, -0.15) is 0 Å². The maximum Gasteiger partial charge on any atom is 0.252 e. The second-order valence-electron chi connectivity index (χ2n) is 7.33. The number of nitrogens with one attached hydrogen (secondary N) is 3. The SMILES string of the molecule is O=C(CSc1ccccc1C(=O)NCC1CNC1)NCC1CCCCC1. The van der Waals surface area contributed by atoms with Gasteiger partial charge in [-0.3, -0.25) is 9.59 Å². The van der Waals surface area contributed by atoms with E-state index in [0.717, 1.165) is 24.5 Å². The number of carbonyl (C=O) groups excluding carboxylic acids is 2. The number of thioether (sulfide) groups is 1. The van der Waals surface area contributed by atoms with Crippen LogP contribution in [0, 0.1) is 11.8 Å². The summed E-state index contributed by atoms with van der Waals surface area (Å²) in [4.78, 5) is 25.5. The first-order chi connectivity index (χ1) is 12.7. The van der Waals surface area contributed by atoms with Crippen molar-refractivity contribution in [2.24, 2.45) is 11.8 Å². The molecule has 1 aliphatic heterocycles. The molecular formula is C20H29N3O2S. The zero-order chi connectivity index (χ0) is 18.2. The number of carbonyl (C=O) groups is 2. The molecule has 0 bridgehead atoms. The lowest BCUT2D eigenvalue weighted by molar-refractivity contribution is -0.118. The Kier molecular flexibility index (Phi) is 7.38. The summed E-state index contributed by atoms with van der Waals surface area (Å²) in [6.07, 6.45) is 6.36. The van der Waals surface area contributed by atoms with Gasteiger partial charge in [0, 0.05) is 37.0 Å². The van der Waals surface area contributed by atoms with Crippen molar-refractivity contribution in [3.05, 3.63) is 29.8 Å². The molecular weight excluding hydrogens is 346 g/mol. The van der Waals surface area contributed by atoms with Crippen LogP contribution in [0.1, 0.15) is 42.5 Å². The Morgan fingerprint density at radius 1 is 1.00 bits per heavy atom. The van der Waals surface area contributed by atoms with Gasteiger partial charge in [0.15, 0.2) is 0 Å². The molecule has 2 fully saturated rings. The molecule has 26 heavy (non-hydrogen) atoms. The molecule has 1 heterocycles. The van der Waals surface area contributed by atoms with E-state index in [2.05, 4.69) is 16.0 Å². The van der Waals surface area contributed by atoms with Gasteiger partial charge < -0.3 is 16.0 Å². The molecule has 5 nitrogen and oxygen atoms in total. The average Bonchev–Trinajstić information content (AvgIpc) is 2.64. The smallest absolute Gasteiger partial charge is 0.252 e. The maximum atomic E-state index is 12.4. The lowest BCUT2D eigenvalue weighted by Gasteiger charge is -2.27. The van der Waals surface area contributed by atoms with Crippen molar-refractivity contribution in [3.63, 3.8) is 0 Å². The van der Waals surface area contributed by atoms with E-state index in [-0.39, 0.29) is 11.8 Å². The Bertz CT molecular complexity index is 613. The third kappa shape index (κ3) is 5.74. The summed E-state index contributed by atoms with van der Waals surface area (Å²) < 4.78 is 0. The minimum absolute atomic E-state index is 0.0522. The van der Waals surface area contributed by atoms with Crippen LogP contribution in [0.15, 0.2) is 29.2 Å². The van der Waals surface area contributed by atoms with Gasteiger partial charge >= 0.3 is 0 Å². The van der Waals surface area contributed by atoms with Crippen molar-refractivity contribution in [1.29, 1.82) is 0 Å². The standard InChI is InChI=1S/C20H29N3O2S/c24-19(22-12-15-6-2-1-3-7-15)14-26-18-9-5-4-8-17(18)20(25)23-13-16-10-21-11-16/h4-5,8-9,15-16,21H,1-3,6-7,10-14H2,(H,22,24)(H,23,25). The topological polar surface area (TPSA) is 70.2 Å². The van der Waals surface area contributed by atoms with Gasteiger partial charge in [0.2, 0.25) is 5.91 Å². The first-order valence-electron chi connectivity index (χ1n) is 9.70. The summed E-state index contributed by atoms with van der Waals surface area (Å²) in [5.74, 6) is 1.52. The molecule has 6 heteroatoms. The van der Waals surface area contributed by atoms with E-state index in [1.165, 1.54) is 43.9 Å². The summed E-state index contributed by atoms with van der Waals surface area (Å²) in [5.41, 5.74) is 0.657. The zero-order valence-corrected chi connectivity index (χ0v) is 16.1. The lowest BCUT2D eigenvalue weighted by atomic mass is 9.89. The van der Waals surface area contributed by atoms with Crippen molar-refractivity contribution >= 4 is 23.6 Å². The van der Waals surface area contributed by atoms with Gasteiger partial charge in [0.1, 0.15) is 0 Å². The van der Waals surface area contributed by atoms with Crippen LogP contribution in [-0.2, 0) is 4.79 Å². The Balaban J connectivity index is 1.44. The number of hydrogen-bond acceptors (Lipinski definition) is 4. The fraction of sp³-hybridized carbons (Fsp3) is 0.600.